The smallest absolute Gasteiger partial charge is 0.323 e. The average Bonchev–Trinajstić information content (AvgIpc) is 3.25. The molecule has 23 heavy (non-hydrogen) atoms. The predicted octanol–water partition coefficient (Wildman–Crippen LogP) is 3.95. The van der Waals surface area contributed by atoms with Crippen LogP contribution in [0.4, 0.5) is 6.01 Å². The molecule has 9 heteroatoms. The maximum atomic E-state index is 12.2. The first-order valence-electron chi connectivity index (χ1n) is 6.45. The zero-order chi connectivity index (χ0) is 15.8. The van der Waals surface area contributed by atoms with Crippen molar-refractivity contribution in [3.8, 4) is 11.7 Å². The molecule has 1 amide bonds. The van der Waals surface area contributed by atoms with Crippen molar-refractivity contribution in [3.05, 3.63) is 46.1 Å². The fourth-order valence-electron chi connectivity index (χ4n) is 1.92. The molecule has 0 saturated carbocycles. The summed E-state index contributed by atoms with van der Waals surface area (Å²) < 4.78 is 12.1. The summed E-state index contributed by atoms with van der Waals surface area (Å²) in [4.78, 5) is 16.5. The first kappa shape index (κ1) is 14.1. The standard InChI is InChI=1S/C14H7BrN4O3S/c15-10-6-5-8(21-10)12-18-19-14(22-12)17-11(20)13-16-7-3-1-2-4-9(7)23-13/h1-6H,(H,17,19,20). The van der Waals surface area contributed by atoms with Crippen molar-refractivity contribution in [2.45, 2.75) is 0 Å². The van der Waals surface area contributed by atoms with E-state index in [9.17, 15) is 4.79 Å². The summed E-state index contributed by atoms with van der Waals surface area (Å²) in [5.74, 6) is 0.183. The Kier molecular flexibility index (Phi) is 3.43. The summed E-state index contributed by atoms with van der Waals surface area (Å²) >= 11 is 4.48. The number of thiazole rings is 1. The molecule has 114 valence electrons. The second kappa shape index (κ2) is 5.60. The normalized spacial score (nSPS) is 11.0. The molecule has 0 aliphatic carbocycles. The fourth-order valence-corrected chi connectivity index (χ4v) is 3.09. The molecular formula is C14H7BrN4O3S. The van der Waals surface area contributed by atoms with Gasteiger partial charge in [-0.05, 0) is 40.2 Å². The van der Waals surface area contributed by atoms with E-state index < -0.39 is 5.91 Å². The molecule has 0 unspecified atom stereocenters. The zero-order valence-corrected chi connectivity index (χ0v) is 13.7. The van der Waals surface area contributed by atoms with Crippen molar-refractivity contribution in [3.63, 3.8) is 0 Å². The third-order valence-electron chi connectivity index (χ3n) is 2.92. The molecule has 0 aliphatic rings. The third kappa shape index (κ3) is 2.76. The van der Waals surface area contributed by atoms with Gasteiger partial charge in [0, 0.05) is 0 Å². The Morgan fingerprint density at radius 1 is 1.13 bits per heavy atom. The SMILES string of the molecule is O=C(Nc1nnc(-c2ccc(Br)o2)o1)c1nc2ccccc2s1. The van der Waals surface area contributed by atoms with Gasteiger partial charge in [-0.1, -0.05) is 17.2 Å². The Hall–Kier alpha value is -2.52. The predicted molar refractivity (Wildman–Crippen MR) is 87.3 cm³/mol. The Bertz CT molecular complexity index is 973. The number of hydrogen-bond donors (Lipinski definition) is 1. The number of fused-ring (bicyclic) bond motifs is 1. The third-order valence-corrected chi connectivity index (χ3v) is 4.38. The molecule has 0 spiro atoms. The molecule has 1 aromatic carbocycles. The van der Waals surface area contributed by atoms with E-state index in [2.05, 4.69) is 36.4 Å². The number of para-hydroxylation sites is 1. The van der Waals surface area contributed by atoms with Crippen molar-refractivity contribution >= 4 is 49.4 Å². The van der Waals surface area contributed by atoms with E-state index in [4.69, 9.17) is 8.83 Å². The summed E-state index contributed by atoms with van der Waals surface area (Å²) in [5.41, 5.74) is 0.773. The number of carbonyl (C=O) groups is 1. The van der Waals surface area contributed by atoms with E-state index in [0.717, 1.165) is 10.2 Å². The van der Waals surface area contributed by atoms with E-state index in [1.54, 1.807) is 12.1 Å². The van der Waals surface area contributed by atoms with Crippen LogP contribution in [-0.2, 0) is 0 Å². The van der Waals surface area contributed by atoms with Gasteiger partial charge in [-0.2, -0.15) is 0 Å². The van der Waals surface area contributed by atoms with Gasteiger partial charge >= 0.3 is 6.01 Å². The largest absolute Gasteiger partial charge is 0.444 e. The van der Waals surface area contributed by atoms with Crippen molar-refractivity contribution < 1.29 is 13.6 Å². The van der Waals surface area contributed by atoms with Gasteiger partial charge in [0.1, 0.15) is 0 Å². The second-order valence-electron chi connectivity index (χ2n) is 4.46. The highest BCUT2D eigenvalue weighted by Crippen LogP contribution is 2.26. The van der Waals surface area contributed by atoms with Crippen LogP contribution < -0.4 is 5.32 Å². The maximum Gasteiger partial charge on any atom is 0.323 e. The van der Waals surface area contributed by atoms with E-state index in [-0.39, 0.29) is 11.9 Å². The van der Waals surface area contributed by atoms with Crippen molar-refractivity contribution in [1.29, 1.82) is 0 Å². The molecule has 0 fully saturated rings. The molecule has 0 saturated heterocycles. The number of rotatable bonds is 3. The van der Waals surface area contributed by atoms with Gasteiger partial charge in [0.05, 0.1) is 10.2 Å². The lowest BCUT2D eigenvalue weighted by atomic mass is 10.3. The van der Waals surface area contributed by atoms with Crippen LogP contribution in [0.15, 0.2) is 49.9 Å². The van der Waals surface area contributed by atoms with Crippen molar-refractivity contribution in [2.24, 2.45) is 0 Å². The molecule has 0 aliphatic heterocycles. The van der Waals surface area contributed by atoms with Gasteiger partial charge in [0.2, 0.25) is 0 Å². The highest BCUT2D eigenvalue weighted by Gasteiger charge is 2.17. The molecule has 3 heterocycles. The monoisotopic (exact) mass is 390 g/mol. The number of carbonyl (C=O) groups excluding carboxylic acids is 1. The van der Waals surface area contributed by atoms with Crippen molar-refractivity contribution in [2.75, 3.05) is 5.32 Å². The minimum Gasteiger partial charge on any atom is -0.444 e. The quantitative estimate of drug-likeness (QED) is 0.568. The van der Waals surface area contributed by atoms with Gasteiger partial charge in [-0.3, -0.25) is 10.1 Å². The van der Waals surface area contributed by atoms with Crippen LogP contribution in [0.5, 0.6) is 0 Å². The molecule has 3 aromatic heterocycles. The summed E-state index contributed by atoms with van der Waals surface area (Å²) in [6.07, 6.45) is 0. The molecule has 0 atom stereocenters. The van der Waals surface area contributed by atoms with Crippen LogP contribution >= 0.6 is 27.3 Å². The lowest BCUT2D eigenvalue weighted by Crippen LogP contribution is -2.11. The highest BCUT2D eigenvalue weighted by atomic mass is 79.9. The molecule has 1 N–H and O–H groups in total. The first-order valence-corrected chi connectivity index (χ1v) is 8.06. The molecule has 4 rings (SSSR count). The van der Waals surface area contributed by atoms with Gasteiger partial charge < -0.3 is 8.83 Å². The number of anilines is 1. The van der Waals surface area contributed by atoms with Crippen LogP contribution in [0.2, 0.25) is 0 Å². The number of nitrogens with one attached hydrogen (secondary N) is 1. The average molecular weight is 391 g/mol. The Morgan fingerprint density at radius 3 is 2.78 bits per heavy atom. The number of hydrogen-bond acceptors (Lipinski definition) is 7. The van der Waals surface area contributed by atoms with Crippen LogP contribution in [-0.4, -0.2) is 21.1 Å². The molecule has 4 aromatic rings. The number of benzene rings is 1. The fraction of sp³-hybridized carbons (Fsp3) is 0. The first-order chi connectivity index (χ1) is 11.2. The minimum atomic E-state index is -0.401. The number of halogens is 1. The van der Waals surface area contributed by atoms with Crippen LogP contribution in [0.25, 0.3) is 21.9 Å². The number of amides is 1. The van der Waals surface area contributed by atoms with E-state index in [0.29, 0.717) is 15.4 Å². The van der Waals surface area contributed by atoms with Gasteiger partial charge in [-0.15, -0.1) is 16.4 Å². The zero-order valence-electron chi connectivity index (χ0n) is 11.3. The summed E-state index contributed by atoms with van der Waals surface area (Å²) in [7, 11) is 0. The number of aromatic nitrogens is 3. The molecule has 7 nitrogen and oxygen atoms in total. The van der Waals surface area contributed by atoms with Crippen LogP contribution in [0.3, 0.4) is 0 Å². The number of furan rings is 1. The maximum absolute atomic E-state index is 12.2. The molecule has 0 radical (unpaired) electrons. The Labute approximate surface area is 141 Å². The van der Waals surface area contributed by atoms with E-state index in [1.807, 2.05) is 24.3 Å². The van der Waals surface area contributed by atoms with Crippen LogP contribution in [0.1, 0.15) is 9.80 Å². The molecule has 0 bridgehead atoms. The summed E-state index contributed by atoms with van der Waals surface area (Å²) in [6.45, 7) is 0. The number of nitrogens with zero attached hydrogens (tertiary/aromatic N) is 3. The lowest BCUT2D eigenvalue weighted by Gasteiger charge is -1.94. The minimum absolute atomic E-state index is 0.0169. The lowest BCUT2D eigenvalue weighted by molar-refractivity contribution is 0.102. The van der Waals surface area contributed by atoms with Gasteiger partial charge in [0.15, 0.2) is 15.4 Å². The van der Waals surface area contributed by atoms with Crippen LogP contribution in [0, 0.1) is 0 Å². The summed E-state index contributed by atoms with van der Waals surface area (Å²) in [5, 5.41) is 10.5. The Morgan fingerprint density at radius 2 is 2.00 bits per heavy atom. The molecular weight excluding hydrogens is 384 g/mol. The highest BCUT2D eigenvalue weighted by molar-refractivity contribution is 9.10. The van der Waals surface area contributed by atoms with Crippen molar-refractivity contribution in [1.82, 2.24) is 15.2 Å². The summed E-state index contributed by atoms with van der Waals surface area (Å²) in [6, 6.07) is 10.9. The second-order valence-corrected chi connectivity index (χ2v) is 6.27. The van der Waals surface area contributed by atoms with Gasteiger partial charge in [-0.25, -0.2) is 4.98 Å². The van der Waals surface area contributed by atoms with E-state index >= 15 is 0 Å². The van der Waals surface area contributed by atoms with Gasteiger partial charge in [0.25, 0.3) is 11.8 Å². The topological polar surface area (TPSA) is 94.1 Å². The van der Waals surface area contributed by atoms with E-state index in [1.165, 1.54) is 11.3 Å². The Balaban J connectivity index is 1.55.